The molecule has 0 aliphatic carbocycles. The summed E-state index contributed by atoms with van der Waals surface area (Å²) in [6.07, 6.45) is -4.46. The van der Waals surface area contributed by atoms with Gasteiger partial charge in [-0.1, -0.05) is 23.7 Å². The second kappa shape index (κ2) is 8.41. The number of hydrogen-bond donors (Lipinski definition) is 2. The molecule has 0 saturated carbocycles. The quantitative estimate of drug-likeness (QED) is 0.694. The van der Waals surface area contributed by atoms with Crippen LogP contribution in [0.25, 0.3) is 0 Å². The zero-order valence-corrected chi connectivity index (χ0v) is 17.5. The molecule has 2 N–H and O–H groups in total. The van der Waals surface area contributed by atoms with Crippen LogP contribution in [0.4, 0.5) is 13.2 Å². The maximum Gasteiger partial charge on any atom is 0.416 e. The van der Waals surface area contributed by atoms with Crippen molar-refractivity contribution in [2.75, 3.05) is 19.7 Å². The van der Waals surface area contributed by atoms with Gasteiger partial charge in [0, 0.05) is 19.0 Å². The highest BCUT2D eigenvalue weighted by atomic mass is 35.5. The minimum absolute atomic E-state index is 0.170. The summed E-state index contributed by atoms with van der Waals surface area (Å²) in [5.74, 6) is -0.687. The Balaban J connectivity index is 1.88. The summed E-state index contributed by atoms with van der Waals surface area (Å²) in [5, 5.41) is 28.9. The number of aliphatic hydroxyl groups excluding tert-OH is 1. The van der Waals surface area contributed by atoms with Crippen molar-refractivity contribution in [3.63, 3.8) is 0 Å². The molecule has 1 fully saturated rings. The van der Waals surface area contributed by atoms with E-state index >= 15 is 0 Å². The molecule has 1 aliphatic rings. The molecule has 0 spiro atoms. The van der Waals surface area contributed by atoms with E-state index in [-0.39, 0.29) is 13.0 Å². The predicted molar refractivity (Wildman–Crippen MR) is 106 cm³/mol. The number of β-amino-alcohol motifs (C(OH)–C–C–N with tert-alkyl or cyclic N) is 1. The number of sulfonamides is 1. The topological polar surface area (TPSA) is 102 Å². The van der Waals surface area contributed by atoms with Crippen molar-refractivity contribution in [1.82, 2.24) is 4.31 Å². The van der Waals surface area contributed by atoms with Crippen molar-refractivity contribution in [3.05, 3.63) is 64.2 Å². The zero-order chi connectivity index (χ0) is 23.0. The fourth-order valence-electron chi connectivity index (χ4n) is 3.56. The molecule has 31 heavy (non-hydrogen) atoms. The van der Waals surface area contributed by atoms with Gasteiger partial charge in [0.1, 0.15) is 10.5 Å². The molecule has 166 valence electrons. The van der Waals surface area contributed by atoms with Gasteiger partial charge in [-0.2, -0.15) is 22.7 Å². The highest BCUT2D eigenvalue weighted by molar-refractivity contribution is 7.89. The molecule has 1 aliphatic heterocycles. The molecule has 1 saturated heterocycles. The normalized spacial score (nSPS) is 22.4. The Bertz CT molecular complexity index is 1120. The first-order valence-corrected chi connectivity index (χ1v) is 10.9. The van der Waals surface area contributed by atoms with E-state index in [9.17, 15) is 31.8 Å². The van der Waals surface area contributed by atoms with Crippen LogP contribution in [0.3, 0.4) is 0 Å². The van der Waals surface area contributed by atoms with E-state index in [0.717, 1.165) is 15.9 Å². The van der Waals surface area contributed by atoms with E-state index in [1.165, 1.54) is 0 Å². The summed E-state index contributed by atoms with van der Waals surface area (Å²) < 4.78 is 65.5. The van der Waals surface area contributed by atoms with Gasteiger partial charge in [-0.25, -0.2) is 8.42 Å². The molecule has 3 rings (SSSR count). The van der Waals surface area contributed by atoms with Crippen LogP contribution in [-0.2, 0) is 22.6 Å². The number of hydrogen-bond acceptors (Lipinski definition) is 5. The van der Waals surface area contributed by atoms with Crippen LogP contribution in [0, 0.1) is 17.2 Å². The Morgan fingerprint density at radius 3 is 2.39 bits per heavy atom. The van der Waals surface area contributed by atoms with Crippen LogP contribution < -0.4 is 0 Å². The van der Waals surface area contributed by atoms with E-state index in [0.29, 0.717) is 17.7 Å². The number of nitriles is 1. The molecular weight excluding hydrogens is 457 g/mol. The molecule has 2 aromatic carbocycles. The molecule has 6 nitrogen and oxygen atoms in total. The van der Waals surface area contributed by atoms with Crippen LogP contribution in [0.5, 0.6) is 0 Å². The number of rotatable bonds is 5. The third kappa shape index (κ3) is 4.71. The molecule has 0 amide bonds. The molecular formula is C20H18ClF3N2O4S. The molecule has 0 aromatic heterocycles. The highest BCUT2D eigenvalue weighted by Crippen LogP contribution is 2.38. The fraction of sp³-hybridized carbons (Fsp3) is 0.350. The number of aliphatic hydroxyl groups is 2. The largest absolute Gasteiger partial charge is 0.416 e. The average molecular weight is 475 g/mol. The Hall–Kier alpha value is -2.16. The van der Waals surface area contributed by atoms with Gasteiger partial charge in [0.25, 0.3) is 0 Å². The van der Waals surface area contributed by atoms with Gasteiger partial charge in [-0.3, -0.25) is 0 Å². The summed E-state index contributed by atoms with van der Waals surface area (Å²) in [6.45, 7) is -1.32. The smallest absolute Gasteiger partial charge is 0.393 e. The van der Waals surface area contributed by atoms with E-state index in [2.05, 4.69) is 0 Å². The van der Waals surface area contributed by atoms with E-state index in [1.54, 1.807) is 24.3 Å². The lowest BCUT2D eigenvalue weighted by Gasteiger charge is -2.26. The Morgan fingerprint density at radius 2 is 1.87 bits per heavy atom. The predicted octanol–water partition coefficient (Wildman–Crippen LogP) is 2.82. The first-order chi connectivity index (χ1) is 14.4. The van der Waals surface area contributed by atoms with Crippen LogP contribution in [0.15, 0.2) is 47.4 Å². The number of nitrogens with zero attached hydrogens (tertiary/aromatic N) is 2. The summed E-state index contributed by atoms with van der Waals surface area (Å²) in [4.78, 5) is -0.513. The van der Waals surface area contributed by atoms with Gasteiger partial charge in [0.15, 0.2) is 0 Å². The lowest BCUT2D eigenvalue weighted by Crippen LogP contribution is -2.43. The van der Waals surface area contributed by atoms with Gasteiger partial charge in [0.05, 0.1) is 28.8 Å². The second-order valence-electron chi connectivity index (χ2n) is 7.41. The van der Waals surface area contributed by atoms with Gasteiger partial charge >= 0.3 is 6.18 Å². The second-order valence-corrected chi connectivity index (χ2v) is 9.73. The van der Waals surface area contributed by atoms with Gasteiger partial charge in [0.2, 0.25) is 10.0 Å². The number of benzene rings is 2. The van der Waals surface area contributed by atoms with Crippen LogP contribution in [0.2, 0.25) is 5.02 Å². The van der Waals surface area contributed by atoms with Crippen molar-refractivity contribution in [3.8, 4) is 6.07 Å². The van der Waals surface area contributed by atoms with Crippen molar-refractivity contribution in [1.29, 1.82) is 5.26 Å². The Labute approximate surface area is 182 Å². The van der Waals surface area contributed by atoms with Crippen LogP contribution >= 0.6 is 11.6 Å². The minimum atomic E-state index is -4.68. The minimum Gasteiger partial charge on any atom is -0.393 e. The SMILES string of the molecule is N#Cc1ccc(C[C@H]2CN(S(=O)(=O)c3ccc(C(F)(F)F)cc3Cl)CC2(O)CO)cc1. The number of alkyl halides is 3. The summed E-state index contributed by atoms with van der Waals surface area (Å²) >= 11 is 5.85. The fourth-order valence-corrected chi connectivity index (χ4v) is 5.62. The molecule has 1 heterocycles. The maximum absolute atomic E-state index is 13.0. The van der Waals surface area contributed by atoms with Crippen molar-refractivity contribution in [2.45, 2.75) is 23.1 Å². The maximum atomic E-state index is 13.0. The molecule has 2 aromatic rings. The Morgan fingerprint density at radius 1 is 1.23 bits per heavy atom. The van der Waals surface area contributed by atoms with Gasteiger partial charge in [-0.05, 0) is 42.3 Å². The van der Waals surface area contributed by atoms with Crippen molar-refractivity contribution in [2.24, 2.45) is 5.92 Å². The van der Waals surface area contributed by atoms with Crippen LogP contribution in [0.1, 0.15) is 16.7 Å². The third-order valence-electron chi connectivity index (χ3n) is 5.35. The van der Waals surface area contributed by atoms with Gasteiger partial charge < -0.3 is 10.2 Å². The molecule has 1 unspecified atom stereocenters. The van der Waals surface area contributed by atoms with Gasteiger partial charge in [-0.15, -0.1) is 0 Å². The molecule has 0 bridgehead atoms. The van der Waals surface area contributed by atoms with Crippen molar-refractivity contribution < 1.29 is 31.8 Å². The Kier molecular flexibility index (Phi) is 6.37. The van der Waals surface area contributed by atoms with E-state index in [1.807, 2.05) is 6.07 Å². The zero-order valence-electron chi connectivity index (χ0n) is 16.0. The lowest BCUT2D eigenvalue weighted by molar-refractivity contribution is -0.137. The average Bonchev–Trinajstić information content (AvgIpc) is 3.05. The standard InChI is InChI=1S/C20H18ClF3N2O4S/c21-17-8-15(20(22,23)24)5-6-18(17)31(29,30)26-10-16(19(28,11-26)12-27)7-13-1-3-14(9-25)4-2-13/h1-6,8,16,27-28H,7,10-12H2/t16-,19?/m0/s1. The first-order valence-electron chi connectivity index (χ1n) is 9.10. The summed E-state index contributed by atoms with van der Waals surface area (Å²) in [6, 6.07) is 10.4. The van der Waals surface area contributed by atoms with E-state index < -0.39 is 56.4 Å². The number of halogens is 4. The highest BCUT2D eigenvalue weighted by Gasteiger charge is 2.49. The van der Waals surface area contributed by atoms with Crippen molar-refractivity contribution >= 4 is 21.6 Å². The molecule has 11 heteroatoms. The monoisotopic (exact) mass is 474 g/mol. The first kappa shape index (κ1) is 23.5. The van der Waals surface area contributed by atoms with Crippen LogP contribution in [-0.4, -0.2) is 48.2 Å². The summed E-state index contributed by atoms with van der Waals surface area (Å²) in [7, 11) is -4.33. The van der Waals surface area contributed by atoms with E-state index in [4.69, 9.17) is 16.9 Å². The third-order valence-corrected chi connectivity index (χ3v) is 7.64. The summed E-state index contributed by atoms with van der Waals surface area (Å²) in [5.41, 5.74) is -1.67. The molecule has 0 radical (unpaired) electrons. The lowest BCUT2D eigenvalue weighted by atomic mass is 9.86. The molecule has 2 atom stereocenters.